The maximum absolute atomic E-state index is 12.5. The molecule has 0 saturated carbocycles. The Balaban J connectivity index is 4.28. The molecule has 0 aromatic heterocycles. The zero-order chi connectivity index (χ0) is 33.1. The Morgan fingerprint density at radius 1 is 0.356 bits per heavy atom. The van der Waals surface area contributed by atoms with E-state index in [-0.39, 0.29) is 31.1 Å². The Hall–Kier alpha value is -1.59. The van der Waals surface area contributed by atoms with Crippen molar-refractivity contribution >= 4 is 17.9 Å². The van der Waals surface area contributed by atoms with Crippen molar-refractivity contribution in [2.24, 2.45) is 0 Å². The van der Waals surface area contributed by atoms with Crippen molar-refractivity contribution in [2.45, 2.75) is 219 Å². The number of esters is 3. The molecule has 0 N–H and O–H groups in total. The van der Waals surface area contributed by atoms with E-state index >= 15 is 0 Å². The third-order valence-corrected chi connectivity index (χ3v) is 8.61. The lowest BCUT2D eigenvalue weighted by molar-refractivity contribution is -0.167. The van der Waals surface area contributed by atoms with Crippen LogP contribution in [-0.4, -0.2) is 37.2 Å². The first-order valence-electron chi connectivity index (χ1n) is 19.5. The number of carbonyl (C=O) groups excluding carboxylic acids is 3. The van der Waals surface area contributed by atoms with Crippen molar-refractivity contribution in [1.82, 2.24) is 0 Å². The Morgan fingerprint density at radius 3 is 0.889 bits per heavy atom. The summed E-state index contributed by atoms with van der Waals surface area (Å²) >= 11 is 0. The summed E-state index contributed by atoms with van der Waals surface area (Å²) in [7, 11) is 0. The fourth-order valence-corrected chi connectivity index (χ4v) is 5.62. The maximum atomic E-state index is 12.5. The smallest absolute Gasteiger partial charge is 0.306 e. The number of hydrogen-bond donors (Lipinski definition) is 0. The molecule has 6 heteroatoms. The molecule has 0 saturated heterocycles. The quantitative estimate of drug-likeness (QED) is 0.0390. The molecule has 0 spiro atoms. The monoisotopic (exact) mass is 639 g/mol. The molecule has 45 heavy (non-hydrogen) atoms. The fraction of sp³-hybridized carbons (Fsp3) is 0.923. The number of carbonyl (C=O) groups is 3. The summed E-state index contributed by atoms with van der Waals surface area (Å²) in [6, 6.07) is 0. The molecule has 0 rings (SSSR count). The molecule has 0 aromatic rings. The molecule has 266 valence electrons. The fourth-order valence-electron chi connectivity index (χ4n) is 5.62. The van der Waals surface area contributed by atoms with Crippen molar-refractivity contribution in [3.63, 3.8) is 0 Å². The van der Waals surface area contributed by atoms with Crippen molar-refractivity contribution in [1.29, 1.82) is 0 Å². The van der Waals surface area contributed by atoms with Gasteiger partial charge in [0.1, 0.15) is 13.2 Å². The SMILES string of the molecule is CCCCCCCCCCCCCCC(=O)OCC(COC(=O)CCCCCCCC)OC(=O)CCCCCCCCCCC. The molecular formula is C39H74O6. The van der Waals surface area contributed by atoms with Gasteiger partial charge in [-0.05, 0) is 19.3 Å². The van der Waals surface area contributed by atoms with Crippen LogP contribution in [0.2, 0.25) is 0 Å². The van der Waals surface area contributed by atoms with Crippen LogP contribution in [0.5, 0.6) is 0 Å². The van der Waals surface area contributed by atoms with E-state index < -0.39 is 6.10 Å². The summed E-state index contributed by atoms with van der Waals surface area (Å²) in [5, 5.41) is 0. The number of hydrogen-bond acceptors (Lipinski definition) is 6. The first-order chi connectivity index (χ1) is 22.0. The van der Waals surface area contributed by atoms with Crippen LogP contribution < -0.4 is 0 Å². The van der Waals surface area contributed by atoms with Gasteiger partial charge < -0.3 is 14.2 Å². The largest absolute Gasteiger partial charge is 0.462 e. The lowest BCUT2D eigenvalue weighted by atomic mass is 10.0. The maximum Gasteiger partial charge on any atom is 0.306 e. The third kappa shape index (κ3) is 33.6. The first-order valence-corrected chi connectivity index (χ1v) is 19.5. The van der Waals surface area contributed by atoms with Gasteiger partial charge >= 0.3 is 17.9 Å². The topological polar surface area (TPSA) is 78.9 Å². The molecule has 0 radical (unpaired) electrons. The molecule has 0 aromatic carbocycles. The van der Waals surface area contributed by atoms with E-state index in [1.165, 1.54) is 116 Å². The van der Waals surface area contributed by atoms with Crippen LogP contribution in [-0.2, 0) is 28.6 Å². The summed E-state index contributed by atoms with van der Waals surface area (Å²) in [6.07, 6.45) is 32.4. The van der Waals surface area contributed by atoms with Crippen molar-refractivity contribution in [3.8, 4) is 0 Å². The average molecular weight is 639 g/mol. The highest BCUT2D eigenvalue weighted by atomic mass is 16.6. The summed E-state index contributed by atoms with van der Waals surface area (Å²) in [6.45, 7) is 6.54. The highest BCUT2D eigenvalue weighted by Crippen LogP contribution is 2.14. The lowest BCUT2D eigenvalue weighted by Gasteiger charge is -2.18. The van der Waals surface area contributed by atoms with Crippen LogP contribution in [0.1, 0.15) is 213 Å². The number of rotatable bonds is 35. The van der Waals surface area contributed by atoms with E-state index in [0.717, 1.165) is 57.8 Å². The Bertz CT molecular complexity index is 664. The highest BCUT2D eigenvalue weighted by Gasteiger charge is 2.19. The number of ether oxygens (including phenoxy) is 3. The van der Waals surface area contributed by atoms with Gasteiger partial charge in [0.05, 0.1) is 0 Å². The van der Waals surface area contributed by atoms with Crippen LogP contribution >= 0.6 is 0 Å². The standard InChI is InChI=1S/C39H74O6/c1-4-7-10-13-16-18-19-20-22-23-26-29-32-38(41)44-35-36(34-43-37(40)31-28-25-15-12-9-6-3)45-39(42)33-30-27-24-21-17-14-11-8-5-2/h36H,4-35H2,1-3H3. The molecular weight excluding hydrogens is 564 g/mol. The Labute approximate surface area is 278 Å². The van der Waals surface area contributed by atoms with E-state index in [1.807, 2.05) is 0 Å². The van der Waals surface area contributed by atoms with E-state index in [2.05, 4.69) is 20.8 Å². The molecule has 1 unspecified atom stereocenters. The summed E-state index contributed by atoms with van der Waals surface area (Å²) < 4.78 is 16.5. The molecule has 0 aliphatic heterocycles. The molecule has 0 amide bonds. The molecule has 0 fully saturated rings. The second kappa shape index (κ2) is 35.3. The number of unbranched alkanes of at least 4 members (excludes halogenated alkanes) is 24. The van der Waals surface area contributed by atoms with E-state index in [0.29, 0.717) is 19.3 Å². The minimum atomic E-state index is -0.754. The average Bonchev–Trinajstić information content (AvgIpc) is 3.03. The zero-order valence-electron chi connectivity index (χ0n) is 30.2. The van der Waals surface area contributed by atoms with Gasteiger partial charge in [0.2, 0.25) is 0 Å². The normalized spacial score (nSPS) is 11.8. The minimum absolute atomic E-state index is 0.0646. The second-order valence-corrected chi connectivity index (χ2v) is 13.2. The van der Waals surface area contributed by atoms with Gasteiger partial charge in [0.25, 0.3) is 0 Å². The minimum Gasteiger partial charge on any atom is -0.462 e. The van der Waals surface area contributed by atoms with E-state index in [1.54, 1.807) is 0 Å². The van der Waals surface area contributed by atoms with Crippen molar-refractivity contribution in [2.75, 3.05) is 13.2 Å². The molecule has 0 aliphatic rings. The molecule has 1 atom stereocenters. The summed E-state index contributed by atoms with van der Waals surface area (Å²) in [4.78, 5) is 37.2. The Morgan fingerprint density at radius 2 is 0.600 bits per heavy atom. The summed E-state index contributed by atoms with van der Waals surface area (Å²) in [5.41, 5.74) is 0. The molecule has 0 bridgehead atoms. The predicted octanol–water partition coefficient (Wildman–Crippen LogP) is 11.7. The third-order valence-electron chi connectivity index (χ3n) is 8.61. The first kappa shape index (κ1) is 43.4. The van der Waals surface area contributed by atoms with Gasteiger partial charge in [-0.3, -0.25) is 14.4 Å². The zero-order valence-corrected chi connectivity index (χ0v) is 30.2. The van der Waals surface area contributed by atoms with Crippen molar-refractivity contribution in [3.05, 3.63) is 0 Å². The van der Waals surface area contributed by atoms with Gasteiger partial charge in [-0.1, -0.05) is 175 Å². The molecule has 0 aliphatic carbocycles. The van der Waals surface area contributed by atoms with Crippen LogP contribution in [0.15, 0.2) is 0 Å². The van der Waals surface area contributed by atoms with Gasteiger partial charge in [-0.15, -0.1) is 0 Å². The predicted molar refractivity (Wildman–Crippen MR) is 187 cm³/mol. The van der Waals surface area contributed by atoms with Crippen LogP contribution in [0.3, 0.4) is 0 Å². The highest BCUT2D eigenvalue weighted by molar-refractivity contribution is 5.71. The van der Waals surface area contributed by atoms with E-state index in [4.69, 9.17) is 14.2 Å². The second-order valence-electron chi connectivity index (χ2n) is 13.2. The van der Waals surface area contributed by atoms with Crippen LogP contribution in [0, 0.1) is 0 Å². The summed E-state index contributed by atoms with van der Waals surface area (Å²) in [5.74, 6) is -0.874. The molecule has 6 nitrogen and oxygen atoms in total. The van der Waals surface area contributed by atoms with Crippen LogP contribution in [0.25, 0.3) is 0 Å². The van der Waals surface area contributed by atoms with Gasteiger partial charge in [0.15, 0.2) is 6.10 Å². The van der Waals surface area contributed by atoms with Gasteiger partial charge in [-0.25, -0.2) is 0 Å². The lowest BCUT2D eigenvalue weighted by Crippen LogP contribution is -2.30. The van der Waals surface area contributed by atoms with Gasteiger partial charge in [0, 0.05) is 19.3 Å². The van der Waals surface area contributed by atoms with Gasteiger partial charge in [-0.2, -0.15) is 0 Å². The van der Waals surface area contributed by atoms with Crippen molar-refractivity contribution < 1.29 is 28.6 Å². The van der Waals surface area contributed by atoms with Crippen LogP contribution in [0.4, 0.5) is 0 Å². The van der Waals surface area contributed by atoms with E-state index in [9.17, 15) is 14.4 Å². The molecule has 0 heterocycles. The Kier molecular flexibility index (Phi) is 34.0.